The maximum Gasteiger partial charge on any atom is 0.233 e. The van der Waals surface area contributed by atoms with Crippen LogP contribution in [-0.4, -0.2) is 64.5 Å². The number of sulfonamides is 1. The molecule has 6 heteroatoms. The minimum Gasteiger partial charge on any atom is -0.304 e. The first-order valence-corrected chi connectivity index (χ1v) is 9.63. The van der Waals surface area contributed by atoms with Gasteiger partial charge in [-0.2, -0.15) is 0 Å². The zero-order valence-corrected chi connectivity index (χ0v) is 14.8. The average molecular weight is 337 g/mol. The van der Waals surface area contributed by atoms with Crippen LogP contribution in [0.15, 0.2) is 35.7 Å². The molecule has 0 aliphatic carbocycles. The Hall–Kier alpha value is -1.21. The molecular formula is C17H27N3O2S. The number of nitrogens with zero attached hydrogens (tertiary/aromatic N) is 2. The molecule has 0 aromatic heterocycles. The van der Waals surface area contributed by atoms with Gasteiger partial charge in [0.2, 0.25) is 10.0 Å². The Morgan fingerprint density at radius 3 is 2.48 bits per heavy atom. The van der Waals surface area contributed by atoms with E-state index >= 15 is 0 Å². The van der Waals surface area contributed by atoms with Gasteiger partial charge in [0.15, 0.2) is 0 Å². The molecule has 1 aromatic rings. The number of likely N-dealkylation sites (N-methyl/N-ethyl adjacent to an activating group) is 1. The summed E-state index contributed by atoms with van der Waals surface area (Å²) in [6.07, 6.45) is 1.62. The lowest BCUT2D eigenvalue weighted by Crippen LogP contribution is -2.46. The van der Waals surface area contributed by atoms with Crippen LogP contribution in [-0.2, 0) is 10.0 Å². The van der Waals surface area contributed by atoms with Crippen molar-refractivity contribution in [2.45, 2.75) is 6.92 Å². The molecule has 0 spiro atoms. The Labute approximate surface area is 140 Å². The van der Waals surface area contributed by atoms with Gasteiger partial charge in [-0.1, -0.05) is 37.3 Å². The molecule has 0 unspecified atom stereocenters. The Morgan fingerprint density at radius 2 is 1.83 bits per heavy atom. The zero-order chi connectivity index (χ0) is 16.7. The molecule has 2 rings (SSSR count). The summed E-state index contributed by atoms with van der Waals surface area (Å²) in [5.74, 6) is 0.290. The van der Waals surface area contributed by atoms with Crippen LogP contribution in [0.3, 0.4) is 0 Å². The molecule has 1 heterocycles. The molecule has 1 atom stereocenters. The minimum atomic E-state index is -3.38. The second-order valence-electron chi connectivity index (χ2n) is 6.32. The summed E-state index contributed by atoms with van der Waals surface area (Å²) in [6, 6.07) is 9.43. The molecule has 23 heavy (non-hydrogen) atoms. The van der Waals surface area contributed by atoms with E-state index in [2.05, 4.69) is 28.5 Å². The van der Waals surface area contributed by atoms with Crippen molar-refractivity contribution >= 4 is 16.1 Å². The number of hydrogen-bond acceptors (Lipinski definition) is 4. The molecule has 1 saturated heterocycles. The van der Waals surface area contributed by atoms with Crippen LogP contribution in [0.5, 0.6) is 0 Å². The lowest BCUT2D eigenvalue weighted by molar-refractivity contribution is 0.139. The minimum absolute atomic E-state index is 0.290. The van der Waals surface area contributed by atoms with Crippen molar-refractivity contribution in [3.63, 3.8) is 0 Å². The fraction of sp³-hybridized carbons (Fsp3) is 0.529. The van der Waals surface area contributed by atoms with E-state index < -0.39 is 10.0 Å². The molecule has 1 aromatic carbocycles. The van der Waals surface area contributed by atoms with E-state index in [0.29, 0.717) is 12.5 Å². The summed E-state index contributed by atoms with van der Waals surface area (Å²) in [5.41, 5.74) is 0.878. The van der Waals surface area contributed by atoms with Gasteiger partial charge in [-0.15, -0.1) is 0 Å². The van der Waals surface area contributed by atoms with Crippen LogP contribution in [0.4, 0.5) is 0 Å². The van der Waals surface area contributed by atoms with Crippen LogP contribution in [0.25, 0.3) is 6.08 Å². The first kappa shape index (κ1) is 18.1. The summed E-state index contributed by atoms with van der Waals surface area (Å²) in [6.45, 7) is 7.76. The summed E-state index contributed by atoms with van der Waals surface area (Å²) >= 11 is 0. The molecule has 0 amide bonds. The van der Waals surface area contributed by atoms with E-state index in [9.17, 15) is 8.42 Å². The van der Waals surface area contributed by atoms with E-state index in [1.54, 1.807) is 6.08 Å². The molecule has 1 aliphatic heterocycles. The highest BCUT2D eigenvalue weighted by Gasteiger charge is 2.17. The molecule has 0 radical (unpaired) electrons. The molecule has 1 fully saturated rings. The van der Waals surface area contributed by atoms with E-state index in [-0.39, 0.29) is 0 Å². The van der Waals surface area contributed by atoms with E-state index in [1.807, 2.05) is 30.3 Å². The van der Waals surface area contributed by atoms with Gasteiger partial charge in [0, 0.05) is 44.7 Å². The normalized spacial score (nSPS) is 19.2. The summed E-state index contributed by atoms with van der Waals surface area (Å²) < 4.78 is 26.7. The van der Waals surface area contributed by atoms with Crippen molar-refractivity contribution in [1.82, 2.24) is 14.5 Å². The predicted molar refractivity (Wildman–Crippen MR) is 95.5 cm³/mol. The number of hydrogen-bond donors (Lipinski definition) is 1. The average Bonchev–Trinajstić information content (AvgIpc) is 2.55. The highest BCUT2D eigenvalue weighted by atomic mass is 32.2. The smallest absolute Gasteiger partial charge is 0.233 e. The SMILES string of the molecule is C[C@@H](CNS(=O)(=O)/C=C/c1ccccc1)CN1CCN(C)CC1. The third-order valence-corrected chi connectivity index (χ3v) is 5.10. The van der Waals surface area contributed by atoms with Gasteiger partial charge in [0.25, 0.3) is 0 Å². The maximum absolute atomic E-state index is 12.0. The number of nitrogens with one attached hydrogen (secondary N) is 1. The number of piperazine rings is 1. The van der Waals surface area contributed by atoms with Gasteiger partial charge >= 0.3 is 0 Å². The van der Waals surface area contributed by atoms with Gasteiger partial charge in [-0.3, -0.25) is 0 Å². The largest absolute Gasteiger partial charge is 0.304 e. The van der Waals surface area contributed by atoms with E-state index in [0.717, 1.165) is 38.3 Å². The molecule has 128 valence electrons. The van der Waals surface area contributed by atoms with Gasteiger partial charge in [0.05, 0.1) is 0 Å². The molecule has 1 aliphatic rings. The Bertz CT molecular complexity index is 594. The molecule has 0 saturated carbocycles. The highest BCUT2D eigenvalue weighted by Crippen LogP contribution is 2.06. The molecular weight excluding hydrogens is 310 g/mol. The van der Waals surface area contributed by atoms with Gasteiger partial charge in [-0.25, -0.2) is 13.1 Å². The monoisotopic (exact) mass is 337 g/mol. The Morgan fingerprint density at radius 1 is 1.17 bits per heavy atom. The molecule has 0 bridgehead atoms. The summed E-state index contributed by atoms with van der Waals surface area (Å²) in [4.78, 5) is 4.72. The first-order chi connectivity index (χ1) is 10.9. The van der Waals surface area contributed by atoms with Gasteiger partial charge in [0.1, 0.15) is 0 Å². The van der Waals surface area contributed by atoms with Crippen LogP contribution >= 0.6 is 0 Å². The second kappa shape index (κ2) is 8.59. The fourth-order valence-corrected chi connectivity index (χ4v) is 3.52. The van der Waals surface area contributed by atoms with Crippen molar-refractivity contribution in [3.05, 3.63) is 41.3 Å². The predicted octanol–water partition coefficient (Wildman–Crippen LogP) is 1.46. The lowest BCUT2D eigenvalue weighted by atomic mass is 10.1. The van der Waals surface area contributed by atoms with Crippen LogP contribution < -0.4 is 4.72 Å². The lowest BCUT2D eigenvalue weighted by Gasteiger charge is -2.33. The third-order valence-electron chi connectivity index (χ3n) is 4.04. The van der Waals surface area contributed by atoms with Gasteiger partial charge < -0.3 is 9.80 Å². The van der Waals surface area contributed by atoms with E-state index in [4.69, 9.17) is 0 Å². The summed E-state index contributed by atoms with van der Waals surface area (Å²) in [5, 5.41) is 1.24. The fourth-order valence-electron chi connectivity index (χ4n) is 2.57. The highest BCUT2D eigenvalue weighted by molar-refractivity contribution is 7.92. The van der Waals surface area contributed by atoms with Crippen molar-refractivity contribution < 1.29 is 8.42 Å². The number of benzene rings is 1. The van der Waals surface area contributed by atoms with Crippen LogP contribution in [0.2, 0.25) is 0 Å². The van der Waals surface area contributed by atoms with Crippen molar-refractivity contribution in [2.75, 3.05) is 46.3 Å². The second-order valence-corrected chi connectivity index (χ2v) is 7.97. The van der Waals surface area contributed by atoms with Crippen molar-refractivity contribution in [3.8, 4) is 0 Å². The van der Waals surface area contributed by atoms with Crippen LogP contribution in [0, 0.1) is 5.92 Å². The Balaban J connectivity index is 1.76. The molecule has 1 N–H and O–H groups in total. The zero-order valence-electron chi connectivity index (χ0n) is 14.0. The summed E-state index contributed by atoms with van der Waals surface area (Å²) in [7, 11) is -1.25. The standard InChI is InChI=1S/C17H27N3O2S/c1-16(15-20-11-9-19(2)10-12-20)14-18-23(21,22)13-8-17-6-4-3-5-7-17/h3-8,13,16,18H,9-12,14-15H2,1-2H3/b13-8+/t16-/m0/s1. The maximum atomic E-state index is 12.0. The Kier molecular flexibility index (Phi) is 6.77. The van der Waals surface area contributed by atoms with Crippen molar-refractivity contribution in [1.29, 1.82) is 0 Å². The third kappa shape index (κ3) is 6.83. The first-order valence-electron chi connectivity index (χ1n) is 8.08. The van der Waals surface area contributed by atoms with Crippen molar-refractivity contribution in [2.24, 2.45) is 5.92 Å². The number of rotatable bonds is 7. The quantitative estimate of drug-likeness (QED) is 0.818. The molecule has 5 nitrogen and oxygen atoms in total. The topological polar surface area (TPSA) is 52.7 Å². The van der Waals surface area contributed by atoms with E-state index in [1.165, 1.54) is 5.41 Å². The van der Waals surface area contributed by atoms with Gasteiger partial charge in [-0.05, 0) is 24.6 Å². The van der Waals surface area contributed by atoms with Crippen LogP contribution in [0.1, 0.15) is 12.5 Å².